The van der Waals surface area contributed by atoms with E-state index in [1.54, 1.807) is 0 Å². The Balaban J connectivity index is 1.91. The summed E-state index contributed by atoms with van der Waals surface area (Å²) in [6.07, 6.45) is 2.23. The van der Waals surface area contributed by atoms with E-state index < -0.39 is 0 Å². The molecule has 0 aliphatic carbocycles. The lowest BCUT2D eigenvalue weighted by Crippen LogP contribution is -2.33. The van der Waals surface area contributed by atoms with Crippen molar-refractivity contribution in [1.29, 1.82) is 0 Å². The minimum absolute atomic E-state index is 0.0101. The van der Waals surface area contributed by atoms with E-state index in [1.165, 1.54) is 5.06 Å². The number of hydrogen-bond acceptors (Lipinski definition) is 3. The molecule has 2 heterocycles. The quantitative estimate of drug-likeness (QED) is 0.661. The van der Waals surface area contributed by atoms with Crippen LogP contribution in [0.15, 0.2) is 0 Å². The number of fused-ring (bicyclic) bond motifs is 1. The van der Waals surface area contributed by atoms with E-state index in [0.717, 1.165) is 19.4 Å². The average Bonchev–Trinajstić information content (AvgIpc) is 2.67. The van der Waals surface area contributed by atoms with Gasteiger partial charge in [0.05, 0.1) is 19.2 Å². The normalized spacial score (nSPS) is 27.2. The van der Waals surface area contributed by atoms with Crippen LogP contribution in [0.4, 0.5) is 4.79 Å². The van der Waals surface area contributed by atoms with Crippen molar-refractivity contribution in [2.45, 2.75) is 18.9 Å². The number of nitrogens with zero attached hydrogens (tertiary/aromatic N) is 2. The van der Waals surface area contributed by atoms with Crippen molar-refractivity contribution in [1.82, 2.24) is 9.96 Å². The molecular formula is C8H15N3O2. The maximum atomic E-state index is 11.6. The molecule has 2 N–H and O–H groups in total. The van der Waals surface area contributed by atoms with Gasteiger partial charge in [0, 0.05) is 13.1 Å². The summed E-state index contributed by atoms with van der Waals surface area (Å²) in [5.74, 6) is 0. The Morgan fingerprint density at radius 3 is 3.15 bits per heavy atom. The van der Waals surface area contributed by atoms with E-state index in [-0.39, 0.29) is 6.03 Å². The molecule has 0 aromatic carbocycles. The lowest BCUT2D eigenvalue weighted by Gasteiger charge is -2.15. The first-order valence-electron chi connectivity index (χ1n) is 4.74. The Bertz CT molecular complexity index is 210. The molecule has 74 valence electrons. The topological polar surface area (TPSA) is 58.8 Å². The number of urea groups is 1. The summed E-state index contributed by atoms with van der Waals surface area (Å²) in [6, 6.07) is 0.390. The Hall–Kier alpha value is -0.810. The van der Waals surface area contributed by atoms with E-state index in [4.69, 9.17) is 10.6 Å². The Morgan fingerprint density at radius 1 is 1.62 bits per heavy atom. The van der Waals surface area contributed by atoms with Gasteiger partial charge in [-0.05, 0) is 12.8 Å². The molecule has 0 aromatic rings. The number of hydroxylamine groups is 2. The highest BCUT2D eigenvalue weighted by Crippen LogP contribution is 2.25. The lowest BCUT2D eigenvalue weighted by molar-refractivity contribution is -0.104. The zero-order valence-corrected chi connectivity index (χ0v) is 7.61. The monoisotopic (exact) mass is 185 g/mol. The van der Waals surface area contributed by atoms with Gasteiger partial charge in [0.1, 0.15) is 0 Å². The van der Waals surface area contributed by atoms with Gasteiger partial charge in [-0.25, -0.2) is 9.86 Å². The van der Waals surface area contributed by atoms with E-state index in [0.29, 0.717) is 25.7 Å². The zero-order chi connectivity index (χ0) is 9.26. The minimum Gasteiger partial charge on any atom is -0.328 e. The van der Waals surface area contributed by atoms with Gasteiger partial charge in [-0.3, -0.25) is 4.84 Å². The number of hydrogen-bond donors (Lipinski definition) is 1. The highest BCUT2D eigenvalue weighted by atomic mass is 16.7. The standard InChI is InChI=1S/C8H15N3O2/c9-3-5-13-11-6-7-2-1-4-10(7)8(11)12/h7H,1-6,9H2/t7-/m0/s1. The predicted molar refractivity (Wildman–Crippen MR) is 46.8 cm³/mol. The summed E-state index contributed by atoms with van der Waals surface area (Å²) < 4.78 is 0. The molecule has 0 bridgehead atoms. The van der Waals surface area contributed by atoms with Crippen molar-refractivity contribution in [3.8, 4) is 0 Å². The van der Waals surface area contributed by atoms with Gasteiger partial charge in [-0.2, -0.15) is 0 Å². The van der Waals surface area contributed by atoms with Gasteiger partial charge in [0.25, 0.3) is 0 Å². The second-order valence-corrected chi connectivity index (χ2v) is 3.45. The molecule has 2 saturated heterocycles. The molecule has 0 unspecified atom stereocenters. The molecule has 0 aromatic heterocycles. The molecule has 2 aliphatic rings. The third-order valence-electron chi connectivity index (χ3n) is 2.58. The van der Waals surface area contributed by atoms with Crippen LogP contribution in [0.5, 0.6) is 0 Å². The third kappa shape index (κ3) is 1.49. The van der Waals surface area contributed by atoms with Crippen molar-refractivity contribution in [3.05, 3.63) is 0 Å². The van der Waals surface area contributed by atoms with Gasteiger partial charge in [-0.15, -0.1) is 0 Å². The van der Waals surface area contributed by atoms with E-state index in [2.05, 4.69) is 0 Å². The van der Waals surface area contributed by atoms with Crippen molar-refractivity contribution in [3.63, 3.8) is 0 Å². The van der Waals surface area contributed by atoms with Gasteiger partial charge in [-0.1, -0.05) is 0 Å². The average molecular weight is 185 g/mol. The summed E-state index contributed by atoms with van der Waals surface area (Å²) in [4.78, 5) is 18.7. The maximum absolute atomic E-state index is 11.6. The van der Waals surface area contributed by atoms with Crippen molar-refractivity contribution in [2.24, 2.45) is 5.73 Å². The van der Waals surface area contributed by atoms with Crippen LogP contribution in [0.1, 0.15) is 12.8 Å². The summed E-state index contributed by atoms with van der Waals surface area (Å²) in [5, 5.41) is 1.44. The summed E-state index contributed by atoms with van der Waals surface area (Å²) in [5.41, 5.74) is 5.29. The third-order valence-corrected chi connectivity index (χ3v) is 2.58. The number of carbonyl (C=O) groups is 1. The highest BCUT2D eigenvalue weighted by molar-refractivity contribution is 5.76. The van der Waals surface area contributed by atoms with Crippen LogP contribution in [0, 0.1) is 0 Å². The molecule has 5 nitrogen and oxygen atoms in total. The molecule has 5 heteroatoms. The fourth-order valence-electron chi connectivity index (χ4n) is 1.96. The first kappa shape index (κ1) is 8.77. The van der Waals surface area contributed by atoms with Gasteiger partial charge in [0.15, 0.2) is 0 Å². The Kier molecular flexibility index (Phi) is 2.37. The van der Waals surface area contributed by atoms with E-state index >= 15 is 0 Å². The van der Waals surface area contributed by atoms with Gasteiger partial charge < -0.3 is 10.6 Å². The van der Waals surface area contributed by atoms with Crippen molar-refractivity contribution >= 4 is 6.03 Å². The van der Waals surface area contributed by atoms with Crippen LogP contribution in [-0.2, 0) is 4.84 Å². The van der Waals surface area contributed by atoms with Crippen LogP contribution >= 0.6 is 0 Å². The molecule has 0 spiro atoms. The molecule has 2 amide bonds. The Morgan fingerprint density at radius 2 is 2.46 bits per heavy atom. The van der Waals surface area contributed by atoms with Crippen LogP contribution in [0.3, 0.4) is 0 Å². The van der Waals surface area contributed by atoms with Crippen LogP contribution in [0.2, 0.25) is 0 Å². The number of nitrogens with two attached hydrogens (primary N) is 1. The van der Waals surface area contributed by atoms with Crippen LogP contribution in [-0.4, -0.2) is 48.3 Å². The lowest BCUT2D eigenvalue weighted by atomic mass is 10.2. The molecule has 13 heavy (non-hydrogen) atoms. The van der Waals surface area contributed by atoms with E-state index in [9.17, 15) is 4.79 Å². The zero-order valence-electron chi connectivity index (χ0n) is 7.61. The molecule has 2 fully saturated rings. The minimum atomic E-state index is 0.0101. The molecule has 0 radical (unpaired) electrons. The second-order valence-electron chi connectivity index (χ2n) is 3.45. The van der Waals surface area contributed by atoms with Crippen molar-refractivity contribution in [2.75, 3.05) is 26.2 Å². The van der Waals surface area contributed by atoms with Crippen LogP contribution in [0.25, 0.3) is 0 Å². The highest BCUT2D eigenvalue weighted by Gasteiger charge is 2.40. The summed E-state index contributed by atoms with van der Waals surface area (Å²) in [7, 11) is 0. The van der Waals surface area contributed by atoms with E-state index in [1.807, 2.05) is 4.90 Å². The SMILES string of the molecule is NCCON1C[C@@H]2CCCN2C1=O. The maximum Gasteiger partial charge on any atom is 0.344 e. The second kappa shape index (κ2) is 3.51. The van der Waals surface area contributed by atoms with Gasteiger partial charge >= 0.3 is 6.03 Å². The molecule has 1 atom stereocenters. The van der Waals surface area contributed by atoms with Gasteiger partial charge in [0.2, 0.25) is 0 Å². The Labute approximate surface area is 77.4 Å². The fourth-order valence-corrected chi connectivity index (χ4v) is 1.96. The van der Waals surface area contributed by atoms with Crippen LogP contribution < -0.4 is 5.73 Å². The molecule has 2 aliphatic heterocycles. The molecular weight excluding hydrogens is 170 g/mol. The number of rotatable bonds is 3. The number of carbonyl (C=O) groups excluding carboxylic acids is 1. The molecule has 0 saturated carbocycles. The first-order valence-corrected chi connectivity index (χ1v) is 4.74. The first-order chi connectivity index (χ1) is 6.33. The summed E-state index contributed by atoms with van der Waals surface area (Å²) in [6.45, 7) is 2.46. The molecule has 2 rings (SSSR count). The predicted octanol–water partition coefficient (Wildman–Crippen LogP) is -0.223. The van der Waals surface area contributed by atoms with Crippen molar-refractivity contribution < 1.29 is 9.63 Å². The fraction of sp³-hybridized carbons (Fsp3) is 0.875. The largest absolute Gasteiger partial charge is 0.344 e. The summed E-state index contributed by atoms with van der Waals surface area (Å²) >= 11 is 0. The number of amides is 2. The smallest absolute Gasteiger partial charge is 0.328 e.